The normalized spacial score (nSPS) is 14.3. The highest BCUT2D eigenvalue weighted by Crippen LogP contribution is 2.44. The third kappa shape index (κ3) is 6.57. The lowest BCUT2D eigenvalue weighted by Crippen LogP contribution is -2.12. The lowest BCUT2D eigenvalue weighted by molar-refractivity contribution is 0.669. The lowest BCUT2D eigenvalue weighted by Gasteiger charge is -2.28. The summed E-state index contributed by atoms with van der Waals surface area (Å²) in [7, 11) is 0. The second-order valence-corrected chi connectivity index (χ2v) is 15.7. The first kappa shape index (κ1) is 36.2. The first-order chi connectivity index (χ1) is 30.2. The summed E-state index contributed by atoms with van der Waals surface area (Å²) in [6, 6.07) is 63.7. The molecule has 0 saturated carbocycles. The molecule has 0 saturated heterocycles. The lowest BCUT2D eigenvalue weighted by atomic mass is 9.90. The molecule has 290 valence electrons. The minimum Gasteiger partial charge on any atom is -0.456 e. The number of para-hydroxylation sites is 3. The fraction of sp³-hybridized carbons (Fsp3) is 0.0345. The number of rotatable bonds is 9. The van der Waals surface area contributed by atoms with Crippen molar-refractivity contribution in [2.75, 3.05) is 4.90 Å². The highest BCUT2D eigenvalue weighted by atomic mass is 16.3. The Labute approximate surface area is 355 Å². The predicted octanol–water partition coefficient (Wildman–Crippen LogP) is 16.3. The average Bonchev–Trinajstić information content (AvgIpc) is 3.85. The molecule has 0 spiro atoms. The van der Waals surface area contributed by atoms with Crippen LogP contribution in [0.1, 0.15) is 23.5 Å². The Bertz CT molecular complexity index is 3350. The van der Waals surface area contributed by atoms with Crippen molar-refractivity contribution >= 4 is 83.4 Å². The maximum absolute atomic E-state index is 6.41. The van der Waals surface area contributed by atoms with E-state index in [-0.39, 0.29) is 5.92 Å². The molecule has 1 aliphatic rings. The number of hydrogen-bond acceptors (Lipinski definition) is 2. The molecule has 0 amide bonds. The molecule has 8 aromatic carbocycles. The van der Waals surface area contributed by atoms with Crippen LogP contribution >= 0.6 is 0 Å². The van der Waals surface area contributed by atoms with Crippen LogP contribution in [0.15, 0.2) is 229 Å². The molecule has 61 heavy (non-hydrogen) atoms. The van der Waals surface area contributed by atoms with Crippen LogP contribution in [0.25, 0.3) is 77.4 Å². The van der Waals surface area contributed by atoms with Gasteiger partial charge < -0.3 is 13.9 Å². The summed E-state index contributed by atoms with van der Waals surface area (Å²) in [4.78, 5) is 2.38. The number of allylic oxidation sites excluding steroid dienone is 8. The van der Waals surface area contributed by atoms with Gasteiger partial charge in [-0.05, 0) is 107 Å². The van der Waals surface area contributed by atoms with Gasteiger partial charge in [0.25, 0.3) is 0 Å². The van der Waals surface area contributed by atoms with Crippen molar-refractivity contribution in [1.29, 1.82) is 0 Å². The number of hydrogen-bond donors (Lipinski definition) is 0. The standard InChI is InChI=1S/C58H42N2O/c1-2-3-4-5-15-40-26-31-46(32-27-40)59(54-23-11-8-20-49(54)45-30-35-57-52(38-45)53-37-43-16-6-7-17-44(43)39-58(53)61-57)47-33-28-41(29-34-47)42-18-14-19-48(36-42)60-55-24-12-9-21-50(55)51-22-10-13-25-56(51)60/h2-35,37-39,42H,1,36H2/b4-3-,15-5+. The number of fused-ring (bicyclic) bond motifs is 7. The van der Waals surface area contributed by atoms with Gasteiger partial charge in [0, 0.05) is 50.1 Å². The van der Waals surface area contributed by atoms with Crippen molar-refractivity contribution in [2.45, 2.75) is 12.3 Å². The van der Waals surface area contributed by atoms with Gasteiger partial charge in [-0.3, -0.25) is 0 Å². The third-order valence-electron chi connectivity index (χ3n) is 12.1. The monoisotopic (exact) mass is 782 g/mol. The molecular formula is C58H42N2O. The molecule has 0 fully saturated rings. The second kappa shape index (κ2) is 15.4. The molecule has 0 bridgehead atoms. The molecule has 1 aliphatic carbocycles. The van der Waals surface area contributed by atoms with Crippen molar-refractivity contribution in [1.82, 2.24) is 4.57 Å². The largest absolute Gasteiger partial charge is 0.456 e. The molecular weight excluding hydrogens is 741 g/mol. The minimum absolute atomic E-state index is 0.240. The topological polar surface area (TPSA) is 21.3 Å². The summed E-state index contributed by atoms with van der Waals surface area (Å²) < 4.78 is 8.87. The van der Waals surface area contributed by atoms with Crippen molar-refractivity contribution < 1.29 is 4.42 Å². The molecule has 0 radical (unpaired) electrons. The van der Waals surface area contributed by atoms with E-state index in [0.29, 0.717) is 0 Å². The van der Waals surface area contributed by atoms with Crippen LogP contribution in [0, 0.1) is 0 Å². The fourth-order valence-corrected chi connectivity index (χ4v) is 9.17. The predicted molar refractivity (Wildman–Crippen MR) is 260 cm³/mol. The highest BCUT2D eigenvalue weighted by Gasteiger charge is 2.22. The molecule has 1 atom stereocenters. The molecule has 3 heteroatoms. The summed E-state index contributed by atoms with van der Waals surface area (Å²) in [5, 5.41) is 7.19. The van der Waals surface area contributed by atoms with E-state index in [1.54, 1.807) is 6.08 Å². The number of benzene rings is 8. The smallest absolute Gasteiger partial charge is 0.136 e. The highest BCUT2D eigenvalue weighted by molar-refractivity contribution is 6.12. The zero-order valence-corrected chi connectivity index (χ0v) is 33.7. The first-order valence-electron chi connectivity index (χ1n) is 21.0. The number of anilines is 3. The van der Waals surface area contributed by atoms with Crippen molar-refractivity contribution in [2.24, 2.45) is 0 Å². The van der Waals surface area contributed by atoms with Crippen LogP contribution in [0.4, 0.5) is 17.1 Å². The Hall–Kier alpha value is -7.88. The summed E-state index contributed by atoms with van der Waals surface area (Å²) in [6.45, 7) is 3.79. The Balaban J connectivity index is 0.977. The molecule has 2 aromatic heterocycles. The Morgan fingerprint density at radius 3 is 1.98 bits per heavy atom. The van der Waals surface area contributed by atoms with E-state index in [0.717, 1.165) is 62.1 Å². The second-order valence-electron chi connectivity index (χ2n) is 15.7. The fourth-order valence-electron chi connectivity index (χ4n) is 9.17. The maximum atomic E-state index is 6.41. The van der Waals surface area contributed by atoms with Gasteiger partial charge in [-0.1, -0.05) is 158 Å². The Morgan fingerprint density at radius 2 is 1.23 bits per heavy atom. The Kier molecular flexibility index (Phi) is 9.13. The van der Waals surface area contributed by atoms with Crippen LogP contribution in [-0.2, 0) is 0 Å². The quantitative estimate of drug-likeness (QED) is 0.136. The van der Waals surface area contributed by atoms with Crippen LogP contribution < -0.4 is 4.90 Å². The van der Waals surface area contributed by atoms with E-state index in [1.165, 1.54) is 43.8 Å². The Morgan fingerprint density at radius 1 is 0.574 bits per heavy atom. The van der Waals surface area contributed by atoms with Gasteiger partial charge in [0.2, 0.25) is 0 Å². The molecule has 10 aromatic rings. The molecule has 3 nitrogen and oxygen atoms in total. The zero-order chi connectivity index (χ0) is 40.7. The summed E-state index contributed by atoms with van der Waals surface area (Å²) >= 11 is 0. The van der Waals surface area contributed by atoms with Crippen molar-refractivity contribution in [3.05, 3.63) is 236 Å². The van der Waals surface area contributed by atoms with Gasteiger partial charge in [0.05, 0.1) is 16.7 Å². The summed E-state index contributed by atoms with van der Waals surface area (Å²) in [6.07, 6.45) is 17.6. The van der Waals surface area contributed by atoms with Crippen molar-refractivity contribution in [3.8, 4) is 11.1 Å². The zero-order valence-electron chi connectivity index (χ0n) is 33.7. The molecule has 0 aliphatic heterocycles. The minimum atomic E-state index is 0.240. The number of nitrogens with zero attached hydrogens (tertiary/aromatic N) is 2. The SMILES string of the molecule is C=C/C=C\C=C\c1ccc(N(c2ccc(C3C=CC=C(n4c5ccccc5c5ccccc54)C3)cc2)c2ccccc2-c2ccc3oc4cc5ccccc5cc4c3c2)cc1. The van der Waals surface area contributed by atoms with E-state index in [4.69, 9.17) is 4.42 Å². The first-order valence-corrected chi connectivity index (χ1v) is 21.0. The van der Waals surface area contributed by atoms with Gasteiger partial charge in [0.1, 0.15) is 11.2 Å². The van der Waals surface area contributed by atoms with Gasteiger partial charge in [-0.25, -0.2) is 0 Å². The number of aromatic nitrogens is 1. The van der Waals surface area contributed by atoms with Crippen LogP contribution in [0.5, 0.6) is 0 Å². The molecule has 1 unspecified atom stereocenters. The van der Waals surface area contributed by atoms with E-state index in [1.807, 2.05) is 18.2 Å². The van der Waals surface area contributed by atoms with E-state index >= 15 is 0 Å². The van der Waals surface area contributed by atoms with Gasteiger partial charge in [-0.2, -0.15) is 0 Å². The van der Waals surface area contributed by atoms with Gasteiger partial charge in [0.15, 0.2) is 0 Å². The van der Waals surface area contributed by atoms with E-state index in [2.05, 4.69) is 216 Å². The number of furan rings is 1. The molecule has 0 N–H and O–H groups in total. The third-order valence-corrected chi connectivity index (χ3v) is 12.1. The van der Waals surface area contributed by atoms with Crippen LogP contribution in [-0.4, -0.2) is 4.57 Å². The maximum Gasteiger partial charge on any atom is 0.136 e. The van der Waals surface area contributed by atoms with Gasteiger partial charge >= 0.3 is 0 Å². The summed E-state index contributed by atoms with van der Waals surface area (Å²) in [5.41, 5.74) is 13.5. The molecule has 2 heterocycles. The molecule has 11 rings (SSSR count). The van der Waals surface area contributed by atoms with Crippen LogP contribution in [0.2, 0.25) is 0 Å². The van der Waals surface area contributed by atoms with Crippen molar-refractivity contribution in [3.63, 3.8) is 0 Å². The average molecular weight is 783 g/mol. The van der Waals surface area contributed by atoms with E-state index < -0.39 is 0 Å². The van der Waals surface area contributed by atoms with Crippen LogP contribution in [0.3, 0.4) is 0 Å². The van der Waals surface area contributed by atoms with Gasteiger partial charge in [-0.15, -0.1) is 0 Å². The summed E-state index contributed by atoms with van der Waals surface area (Å²) in [5.74, 6) is 0.240. The van der Waals surface area contributed by atoms with E-state index in [9.17, 15) is 0 Å².